The number of hydrogen-bond acceptors (Lipinski definition) is 4. The Hall–Kier alpha value is -3.47. The maximum atomic E-state index is 8.56. The third-order valence-corrected chi connectivity index (χ3v) is 6.53. The topological polar surface area (TPSA) is 66.2 Å². The van der Waals surface area contributed by atoms with Crippen molar-refractivity contribution in [3.63, 3.8) is 0 Å². The van der Waals surface area contributed by atoms with Crippen molar-refractivity contribution >= 4 is 32.6 Å². The van der Waals surface area contributed by atoms with E-state index in [1.807, 2.05) is 25.3 Å². The van der Waals surface area contributed by atoms with Gasteiger partial charge in [0, 0.05) is 31.8 Å². The molecule has 0 saturated carbocycles. The van der Waals surface area contributed by atoms with Gasteiger partial charge < -0.3 is 15.2 Å². The molecule has 39 heavy (non-hydrogen) atoms. The molecule has 0 amide bonds. The summed E-state index contributed by atoms with van der Waals surface area (Å²) in [6.45, 7) is 5.31. The second-order valence-corrected chi connectivity index (χ2v) is 9.81. The molecule has 0 bridgehead atoms. The van der Waals surface area contributed by atoms with Crippen LogP contribution in [0, 0.1) is 13.0 Å². The number of hydrogen-bond donors (Lipinski definition) is 2. The third kappa shape index (κ3) is 6.40. The second-order valence-electron chi connectivity index (χ2n) is 9.81. The van der Waals surface area contributed by atoms with Crippen LogP contribution in [0.2, 0.25) is 0 Å². The summed E-state index contributed by atoms with van der Waals surface area (Å²) in [5.74, 6) is 0. The third-order valence-electron chi connectivity index (χ3n) is 6.53. The van der Waals surface area contributed by atoms with E-state index >= 15 is 0 Å². The molecule has 6 aromatic rings. The minimum absolute atomic E-state index is 0. The van der Waals surface area contributed by atoms with Gasteiger partial charge in [-0.05, 0) is 43.7 Å². The predicted molar refractivity (Wildman–Crippen MR) is 157 cm³/mol. The first-order chi connectivity index (χ1) is 18.4. The molecule has 1 aromatic heterocycles. The van der Waals surface area contributed by atoms with Gasteiger partial charge in [-0.2, -0.15) is 0 Å². The number of rotatable bonds is 4. The average Bonchev–Trinajstić information content (AvgIpc) is 2.93. The van der Waals surface area contributed by atoms with Crippen LogP contribution >= 0.6 is 0 Å². The van der Waals surface area contributed by atoms with E-state index in [4.69, 9.17) is 20.2 Å². The van der Waals surface area contributed by atoms with Crippen LogP contribution in [0.25, 0.3) is 54.8 Å². The van der Waals surface area contributed by atoms with Gasteiger partial charge >= 0.3 is 0 Å². The van der Waals surface area contributed by atoms with Crippen molar-refractivity contribution in [3.8, 4) is 22.3 Å². The van der Waals surface area contributed by atoms with Gasteiger partial charge in [0.15, 0.2) is 0 Å². The van der Waals surface area contributed by atoms with Crippen LogP contribution in [-0.2, 0) is 20.1 Å². The molecule has 6 rings (SSSR count). The average molecular weight is 692 g/mol. The number of aliphatic hydroxyl groups excluding tert-OH is 2. The van der Waals surface area contributed by atoms with E-state index < -0.39 is 0 Å². The fourth-order valence-electron chi connectivity index (χ4n) is 4.83. The molecule has 199 valence electrons. The summed E-state index contributed by atoms with van der Waals surface area (Å²) < 4.78 is 0. The maximum absolute atomic E-state index is 8.56. The molecule has 1 heterocycles. The molecule has 5 heteroatoms. The molecular formula is C34H31IrN2O2-. The Morgan fingerprint density at radius 2 is 1.28 bits per heavy atom. The van der Waals surface area contributed by atoms with Crippen LogP contribution in [0.4, 0.5) is 0 Å². The van der Waals surface area contributed by atoms with E-state index in [-0.39, 0.29) is 32.3 Å². The van der Waals surface area contributed by atoms with Crippen LogP contribution in [0.5, 0.6) is 0 Å². The zero-order valence-electron chi connectivity index (χ0n) is 22.2. The van der Waals surface area contributed by atoms with Crippen molar-refractivity contribution < 1.29 is 30.3 Å². The zero-order chi connectivity index (χ0) is 26.6. The molecule has 0 fully saturated rings. The standard InChI is InChI=1S/C29H19N2.C5H12O2.Ir/c1-19-18-30-28-24-14-12-22(20-8-4-2-5-9-20)16-26(24)27-17-23(21-10-6-3-7-11-21)13-15-25(27)29(28)31-19;1-4(6)3-5(2)7;/h2-13,15-18H,1H3;4-7H,3H2,1-2H3;/q-1;;. The molecule has 0 spiro atoms. The van der Waals surface area contributed by atoms with E-state index in [0.717, 1.165) is 38.4 Å². The van der Waals surface area contributed by atoms with E-state index in [2.05, 4.69) is 84.9 Å². The van der Waals surface area contributed by atoms with Crippen molar-refractivity contribution in [2.24, 2.45) is 0 Å². The molecule has 5 aromatic carbocycles. The summed E-state index contributed by atoms with van der Waals surface area (Å²) in [5.41, 5.74) is 7.49. The predicted octanol–water partition coefficient (Wildman–Crippen LogP) is 7.51. The molecule has 2 N–H and O–H groups in total. The number of aromatic nitrogens is 2. The fourth-order valence-corrected chi connectivity index (χ4v) is 4.83. The van der Waals surface area contributed by atoms with Crippen LogP contribution in [0.15, 0.2) is 97.2 Å². The zero-order valence-corrected chi connectivity index (χ0v) is 24.6. The monoisotopic (exact) mass is 692 g/mol. The minimum Gasteiger partial charge on any atom is -0.393 e. The molecular weight excluding hydrogens is 661 g/mol. The van der Waals surface area contributed by atoms with Gasteiger partial charge in [-0.3, -0.25) is 4.98 Å². The van der Waals surface area contributed by atoms with Gasteiger partial charge in [-0.1, -0.05) is 101 Å². The summed E-state index contributed by atoms with van der Waals surface area (Å²) in [6.07, 6.45) is 1.56. The van der Waals surface area contributed by atoms with Gasteiger partial charge in [0.05, 0.1) is 23.4 Å². The minimum atomic E-state index is -0.375. The van der Waals surface area contributed by atoms with Gasteiger partial charge in [0.1, 0.15) is 0 Å². The van der Waals surface area contributed by atoms with Crippen molar-refractivity contribution in [2.75, 3.05) is 0 Å². The van der Waals surface area contributed by atoms with Crippen LogP contribution in [0.3, 0.4) is 0 Å². The number of aliphatic hydroxyl groups is 2. The van der Waals surface area contributed by atoms with Crippen LogP contribution in [0.1, 0.15) is 26.0 Å². The molecule has 1 radical (unpaired) electrons. The Morgan fingerprint density at radius 1 is 0.692 bits per heavy atom. The molecule has 2 unspecified atom stereocenters. The van der Waals surface area contributed by atoms with E-state index in [9.17, 15) is 0 Å². The van der Waals surface area contributed by atoms with Gasteiger partial charge in [-0.25, -0.2) is 0 Å². The van der Waals surface area contributed by atoms with Crippen molar-refractivity contribution in [2.45, 2.75) is 39.4 Å². The van der Waals surface area contributed by atoms with Gasteiger partial charge in [-0.15, -0.1) is 23.6 Å². The smallest absolute Gasteiger partial charge is 0.0548 e. The number of fused-ring (bicyclic) bond motifs is 6. The molecule has 4 nitrogen and oxygen atoms in total. The van der Waals surface area contributed by atoms with Gasteiger partial charge in [0.25, 0.3) is 0 Å². The largest absolute Gasteiger partial charge is 0.393 e. The summed E-state index contributed by atoms with van der Waals surface area (Å²) in [7, 11) is 0. The Kier molecular flexibility index (Phi) is 9.21. The first-order valence-electron chi connectivity index (χ1n) is 12.9. The van der Waals surface area contributed by atoms with E-state index in [0.29, 0.717) is 6.42 Å². The summed E-state index contributed by atoms with van der Waals surface area (Å²) in [4.78, 5) is 9.60. The fraction of sp³-hybridized carbons (Fsp3) is 0.176. The number of benzene rings is 5. The summed E-state index contributed by atoms with van der Waals surface area (Å²) in [5, 5.41) is 21.6. The summed E-state index contributed by atoms with van der Waals surface area (Å²) >= 11 is 0. The van der Waals surface area contributed by atoms with Crippen molar-refractivity contribution in [1.29, 1.82) is 0 Å². The molecule has 0 saturated heterocycles. The van der Waals surface area contributed by atoms with E-state index in [1.54, 1.807) is 13.8 Å². The Morgan fingerprint density at radius 3 is 1.87 bits per heavy atom. The van der Waals surface area contributed by atoms with Crippen molar-refractivity contribution in [1.82, 2.24) is 9.97 Å². The van der Waals surface area contributed by atoms with E-state index in [1.165, 1.54) is 22.1 Å². The molecule has 0 aliphatic rings. The number of nitrogens with zero attached hydrogens (tertiary/aromatic N) is 2. The molecule has 0 aliphatic heterocycles. The Bertz CT molecular complexity index is 1700. The van der Waals surface area contributed by atoms with Crippen LogP contribution in [-0.4, -0.2) is 32.4 Å². The quantitative estimate of drug-likeness (QED) is 0.148. The maximum Gasteiger partial charge on any atom is 0.0548 e. The number of aryl methyl sites for hydroxylation is 1. The summed E-state index contributed by atoms with van der Waals surface area (Å²) in [6, 6.07) is 35.4. The second kappa shape index (κ2) is 12.6. The van der Waals surface area contributed by atoms with Crippen LogP contribution < -0.4 is 0 Å². The Balaban J connectivity index is 0.000000394. The van der Waals surface area contributed by atoms with Crippen molar-refractivity contribution in [3.05, 3.63) is 109 Å². The molecule has 0 aliphatic carbocycles. The first kappa shape index (κ1) is 28.5. The molecule has 2 atom stereocenters. The van der Waals surface area contributed by atoms with Gasteiger partial charge in [0.2, 0.25) is 0 Å². The first-order valence-corrected chi connectivity index (χ1v) is 12.9. The SMILES string of the molecule is CC(O)CC(C)O.Cc1cnc2c3[c-]cc(-c4ccccc4)cc3c3cc(-c4ccccc4)ccc3c2n1.[Ir]. The Labute approximate surface area is 242 Å². The normalized spacial score (nSPS) is 12.4.